The summed E-state index contributed by atoms with van der Waals surface area (Å²) in [5.74, 6) is 0.213. The summed E-state index contributed by atoms with van der Waals surface area (Å²) in [6, 6.07) is 6.33. The molecule has 108 valence electrons. The molecule has 0 aliphatic heterocycles. The predicted molar refractivity (Wildman–Crippen MR) is 85.8 cm³/mol. The lowest BCUT2D eigenvalue weighted by molar-refractivity contribution is 0.389. The lowest BCUT2D eigenvalue weighted by Gasteiger charge is -2.12. The maximum absolute atomic E-state index is 13.7. The number of hydrogen-bond acceptors (Lipinski definition) is 3. The van der Waals surface area contributed by atoms with Gasteiger partial charge in [-0.2, -0.15) is 0 Å². The topological polar surface area (TPSA) is 21.6 Å². The van der Waals surface area contributed by atoms with Gasteiger partial charge in [0.2, 0.25) is 5.88 Å². The second kappa shape index (κ2) is 8.59. The maximum atomic E-state index is 13.7. The standard InChI is InChI=1S/C16H20FNOS/c1-5-9-15(20-4)12(3)16(18-6-2)19-14-11-8-7-10-13(14)17/h6-11H,5H2,1-4H3/b15-9-,16-12+,18-6-. The minimum atomic E-state index is -0.394. The molecule has 1 aromatic carbocycles. The minimum Gasteiger partial charge on any atom is -0.436 e. The Balaban J connectivity index is 3.17. The monoisotopic (exact) mass is 293 g/mol. The van der Waals surface area contributed by atoms with Crippen molar-refractivity contribution in [1.29, 1.82) is 0 Å². The molecule has 0 amide bonds. The molecule has 0 saturated heterocycles. The highest BCUT2D eigenvalue weighted by atomic mass is 32.2. The van der Waals surface area contributed by atoms with Crippen LogP contribution in [0.25, 0.3) is 0 Å². The number of hydrogen-bond donors (Lipinski definition) is 0. The van der Waals surface area contributed by atoms with Crippen LogP contribution in [0.2, 0.25) is 0 Å². The van der Waals surface area contributed by atoms with E-state index in [0.717, 1.165) is 16.9 Å². The molecule has 0 unspecified atom stereocenters. The van der Waals surface area contributed by atoms with Crippen LogP contribution in [0.1, 0.15) is 27.2 Å². The lowest BCUT2D eigenvalue weighted by atomic mass is 10.2. The van der Waals surface area contributed by atoms with E-state index < -0.39 is 5.82 Å². The summed E-state index contributed by atoms with van der Waals surface area (Å²) in [7, 11) is 0. The van der Waals surface area contributed by atoms with E-state index in [0.29, 0.717) is 5.88 Å². The van der Waals surface area contributed by atoms with Crippen LogP contribution in [0.4, 0.5) is 4.39 Å². The molecule has 2 nitrogen and oxygen atoms in total. The highest BCUT2D eigenvalue weighted by Gasteiger charge is 2.10. The van der Waals surface area contributed by atoms with Gasteiger partial charge in [0, 0.05) is 16.7 Å². The predicted octanol–water partition coefficient (Wildman–Crippen LogP) is 5.18. The summed E-state index contributed by atoms with van der Waals surface area (Å²) in [4.78, 5) is 5.31. The molecular weight excluding hydrogens is 273 g/mol. The molecule has 1 aromatic rings. The Labute approximate surface area is 124 Å². The summed E-state index contributed by atoms with van der Waals surface area (Å²) in [6.45, 7) is 5.81. The van der Waals surface area contributed by atoms with Gasteiger partial charge in [0.1, 0.15) is 0 Å². The van der Waals surface area contributed by atoms with Gasteiger partial charge in [0.25, 0.3) is 0 Å². The Morgan fingerprint density at radius 1 is 1.40 bits per heavy atom. The molecule has 0 aromatic heterocycles. The molecule has 0 bridgehead atoms. The average molecular weight is 293 g/mol. The van der Waals surface area contributed by atoms with Gasteiger partial charge < -0.3 is 4.74 Å². The fourth-order valence-electron chi connectivity index (χ4n) is 1.63. The zero-order valence-electron chi connectivity index (χ0n) is 12.3. The van der Waals surface area contributed by atoms with Crippen LogP contribution in [0, 0.1) is 5.82 Å². The Kier molecular flexibility index (Phi) is 7.09. The average Bonchev–Trinajstić information content (AvgIpc) is 2.45. The molecule has 0 aliphatic carbocycles. The van der Waals surface area contributed by atoms with E-state index in [1.807, 2.05) is 13.2 Å². The quantitative estimate of drug-likeness (QED) is 0.409. The van der Waals surface area contributed by atoms with Crippen molar-refractivity contribution < 1.29 is 9.13 Å². The van der Waals surface area contributed by atoms with E-state index in [1.54, 1.807) is 43.1 Å². The van der Waals surface area contributed by atoms with Crippen molar-refractivity contribution in [2.75, 3.05) is 6.26 Å². The smallest absolute Gasteiger partial charge is 0.223 e. The van der Waals surface area contributed by atoms with Gasteiger partial charge in [-0.05, 0) is 38.7 Å². The third-order valence-electron chi connectivity index (χ3n) is 2.59. The molecule has 0 aliphatic rings. The third kappa shape index (κ3) is 4.53. The first-order valence-electron chi connectivity index (χ1n) is 6.50. The first-order chi connectivity index (χ1) is 9.63. The van der Waals surface area contributed by atoms with Crippen molar-refractivity contribution >= 4 is 18.0 Å². The molecule has 0 fully saturated rings. The summed E-state index contributed by atoms with van der Waals surface area (Å²) < 4.78 is 19.3. The fraction of sp³-hybridized carbons (Fsp3) is 0.312. The summed E-state index contributed by atoms with van der Waals surface area (Å²) in [5.41, 5.74) is 0.903. The van der Waals surface area contributed by atoms with Gasteiger partial charge in [-0.1, -0.05) is 25.1 Å². The summed E-state index contributed by atoms with van der Waals surface area (Å²) in [5, 5.41) is 0. The minimum absolute atomic E-state index is 0.185. The van der Waals surface area contributed by atoms with Crippen LogP contribution in [-0.2, 0) is 0 Å². The second-order valence-corrected chi connectivity index (χ2v) is 4.88. The first kappa shape index (κ1) is 16.5. The van der Waals surface area contributed by atoms with Gasteiger partial charge in [-0.25, -0.2) is 9.38 Å². The van der Waals surface area contributed by atoms with Crippen molar-refractivity contribution in [3.05, 3.63) is 52.5 Å². The molecule has 0 radical (unpaired) electrons. The second-order valence-electron chi connectivity index (χ2n) is 4.03. The van der Waals surface area contributed by atoms with Crippen LogP contribution >= 0.6 is 11.8 Å². The van der Waals surface area contributed by atoms with Gasteiger partial charge in [-0.3, -0.25) is 0 Å². The molecule has 0 heterocycles. The highest BCUT2D eigenvalue weighted by molar-refractivity contribution is 8.02. The molecular formula is C16H20FNOS. The van der Waals surface area contributed by atoms with E-state index >= 15 is 0 Å². The zero-order valence-corrected chi connectivity index (χ0v) is 13.1. The number of halogens is 1. The van der Waals surface area contributed by atoms with Crippen molar-refractivity contribution in [3.8, 4) is 5.75 Å². The number of allylic oxidation sites excluding steroid dienone is 2. The van der Waals surface area contributed by atoms with Crippen LogP contribution in [0.5, 0.6) is 5.75 Å². The van der Waals surface area contributed by atoms with Gasteiger partial charge >= 0.3 is 0 Å². The number of para-hydroxylation sites is 1. The van der Waals surface area contributed by atoms with Crippen LogP contribution < -0.4 is 4.74 Å². The number of ether oxygens (including phenoxy) is 1. The highest BCUT2D eigenvalue weighted by Crippen LogP contribution is 2.27. The van der Waals surface area contributed by atoms with Crippen molar-refractivity contribution in [2.24, 2.45) is 4.99 Å². The molecule has 0 atom stereocenters. The van der Waals surface area contributed by atoms with Crippen molar-refractivity contribution in [1.82, 2.24) is 0 Å². The van der Waals surface area contributed by atoms with Gasteiger partial charge in [-0.15, -0.1) is 11.8 Å². The lowest BCUT2D eigenvalue weighted by Crippen LogP contribution is -2.00. The fourth-order valence-corrected chi connectivity index (χ4v) is 2.36. The Hall–Kier alpha value is -1.55. The number of thioether (sulfide) groups is 1. The molecule has 0 spiro atoms. The maximum Gasteiger partial charge on any atom is 0.223 e. The summed E-state index contributed by atoms with van der Waals surface area (Å²) >= 11 is 1.63. The van der Waals surface area contributed by atoms with Crippen molar-refractivity contribution in [3.63, 3.8) is 0 Å². The zero-order chi connectivity index (χ0) is 15.0. The van der Waals surface area contributed by atoms with Gasteiger partial charge in [0.05, 0.1) is 0 Å². The van der Waals surface area contributed by atoms with E-state index in [4.69, 9.17) is 4.74 Å². The van der Waals surface area contributed by atoms with E-state index in [-0.39, 0.29) is 5.75 Å². The number of benzene rings is 1. The summed E-state index contributed by atoms with van der Waals surface area (Å²) in [6.07, 6.45) is 6.68. The number of aliphatic imine (C=N–C) groups is 1. The van der Waals surface area contributed by atoms with Crippen molar-refractivity contribution in [2.45, 2.75) is 27.2 Å². The number of rotatable bonds is 6. The largest absolute Gasteiger partial charge is 0.436 e. The van der Waals surface area contributed by atoms with E-state index in [2.05, 4.69) is 18.0 Å². The van der Waals surface area contributed by atoms with E-state index in [1.165, 1.54) is 6.07 Å². The molecule has 0 N–H and O–H groups in total. The Morgan fingerprint density at radius 3 is 2.65 bits per heavy atom. The van der Waals surface area contributed by atoms with Crippen LogP contribution in [0.15, 0.2) is 51.7 Å². The number of nitrogens with zero attached hydrogens (tertiary/aromatic N) is 1. The first-order valence-corrected chi connectivity index (χ1v) is 7.72. The van der Waals surface area contributed by atoms with Crippen LogP contribution in [-0.4, -0.2) is 12.5 Å². The molecule has 20 heavy (non-hydrogen) atoms. The normalized spacial score (nSPS) is 13.6. The third-order valence-corrected chi connectivity index (χ3v) is 3.50. The van der Waals surface area contributed by atoms with Crippen LogP contribution in [0.3, 0.4) is 0 Å². The Bertz CT molecular complexity index is 535. The molecule has 1 rings (SSSR count). The Morgan fingerprint density at radius 2 is 2.10 bits per heavy atom. The van der Waals surface area contributed by atoms with E-state index in [9.17, 15) is 4.39 Å². The SMILES string of the molecule is C\C=N/C(Oc1ccccc1F)=C(C)\C(=C\CC)SC. The van der Waals surface area contributed by atoms with Gasteiger partial charge in [0.15, 0.2) is 11.6 Å². The molecule has 0 saturated carbocycles. The molecule has 4 heteroatoms.